The van der Waals surface area contributed by atoms with Gasteiger partial charge in [-0.15, -0.1) is 11.3 Å². The molecule has 1 aliphatic heterocycles. The number of hydrogen-bond acceptors (Lipinski definition) is 4. The molecule has 0 radical (unpaired) electrons. The van der Waals surface area contributed by atoms with Crippen molar-refractivity contribution in [3.05, 3.63) is 52.0 Å². The predicted octanol–water partition coefficient (Wildman–Crippen LogP) is 3.82. The van der Waals surface area contributed by atoms with Crippen molar-refractivity contribution >= 4 is 22.9 Å². The zero-order chi connectivity index (χ0) is 17.6. The number of benzene rings is 1. The maximum Gasteiger partial charge on any atom is 0.238 e. The van der Waals surface area contributed by atoms with Crippen LogP contribution in [0.15, 0.2) is 35.7 Å². The molecule has 1 N–H and O–H groups in total. The van der Waals surface area contributed by atoms with Gasteiger partial charge in [0.15, 0.2) is 0 Å². The lowest BCUT2D eigenvalue weighted by Crippen LogP contribution is -2.37. The molecule has 1 atom stereocenters. The Morgan fingerprint density at radius 3 is 3.00 bits per heavy atom. The Hall–Kier alpha value is -1.76. The molecule has 0 spiro atoms. The highest BCUT2D eigenvalue weighted by atomic mass is 32.1. The van der Waals surface area contributed by atoms with Crippen molar-refractivity contribution in [2.24, 2.45) is 0 Å². The van der Waals surface area contributed by atoms with Crippen LogP contribution >= 0.6 is 11.3 Å². The molecule has 0 unspecified atom stereocenters. The molecule has 6 heteroatoms. The van der Waals surface area contributed by atoms with E-state index in [1.807, 2.05) is 11.4 Å². The third-order valence-electron chi connectivity index (χ3n) is 4.27. The zero-order valence-corrected chi connectivity index (χ0v) is 15.2. The second kappa shape index (κ2) is 8.56. The molecule has 0 aliphatic carbocycles. The molecule has 2 heterocycles. The maximum atomic E-state index is 13.6. The van der Waals surface area contributed by atoms with E-state index in [-0.39, 0.29) is 24.4 Å². The smallest absolute Gasteiger partial charge is 0.238 e. The minimum Gasteiger partial charge on any atom is -0.377 e. The molecule has 1 aromatic carbocycles. The standard InChI is InChI=1S/C19H23FN2O2S/c1-14-6-7-15(10-18(14)20)21-19(23)13-22(11-16-4-2-8-24-16)12-17-5-3-9-25-17/h3,5-7,9-10,16H,2,4,8,11-13H2,1H3,(H,21,23)/t16-/m0/s1. The van der Waals surface area contributed by atoms with E-state index in [4.69, 9.17) is 4.74 Å². The minimum absolute atomic E-state index is 0.141. The third-order valence-corrected chi connectivity index (χ3v) is 5.13. The lowest BCUT2D eigenvalue weighted by Gasteiger charge is -2.24. The quantitative estimate of drug-likeness (QED) is 0.814. The van der Waals surface area contributed by atoms with Crippen molar-refractivity contribution in [2.75, 3.05) is 25.0 Å². The molecule has 1 amide bonds. The molecule has 3 rings (SSSR count). The number of ether oxygens (including phenoxy) is 1. The van der Waals surface area contributed by atoms with E-state index in [0.717, 1.165) is 26.0 Å². The molecule has 4 nitrogen and oxygen atoms in total. The van der Waals surface area contributed by atoms with Gasteiger partial charge in [0.05, 0.1) is 12.6 Å². The fourth-order valence-corrected chi connectivity index (χ4v) is 3.70. The van der Waals surface area contributed by atoms with Crippen LogP contribution in [0, 0.1) is 12.7 Å². The number of carbonyl (C=O) groups excluding carboxylic acids is 1. The topological polar surface area (TPSA) is 41.6 Å². The molecule has 0 saturated carbocycles. The Morgan fingerprint density at radius 2 is 2.32 bits per heavy atom. The van der Waals surface area contributed by atoms with Gasteiger partial charge in [-0.1, -0.05) is 12.1 Å². The van der Waals surface area contributed by atoms with Crippen molar-refractivity contribution in [1.29, 1.82) is 0 Å². The van der Waals surface area contributed by atoms with Gasteiger partial charge in [0.2, 0.25) is 5.91 Å². The first-order valence-corrected chi connectivity index (χ1v) is 9.40. The predicted molar refractivity (Wildman–Crippen MR) is 98.3 cm³/mol. The normalized spacial score (nSPS) is 17.2. The van der Waals surface area contributed by atoms with Gasteiger partial charge in [-0.25, -0.2) is 4.39 Å². The van der Waals surface area contributed by atoms with Crippen molar-refractivity contribution in [3.8, 4) is 0 Å². The number of amides is 1. The third kappa shape index (κ3) is 5.36. The van der Waals surface area contributed by atoms with Gasteiger partial charge in [-0.05, 0) is 48.9 Å². The summed E-state index contributed by atoms with van der Waals surface area (Å²) in [4.78, 5) is 15.7. The Morgan fingerprint density at radius 1 is 1.44 bits per heavy atom. The van der Waals surface area contributed by atoms with Crippen molar-refractivity contribution in [3.63, 3.8) is 0 Å². The van der Waals surface area contributed by atoms with E-state index in [1.165, 1.54) is 10.9 Å². The van der Waals surface area contributed by atoms with Gasteiger partial charge < -0.3 is 10.1 Å². The van der Waals surface area contributed by atoms with Crippen LogP contribution in [0.4, 0.5) is 10.1 Å². The number of thiophene rings is 1. The van der Waals surface area contributed by atoms with Crippen molar-refractivity contribution in [1.82, 2.24) is 4.90 Å². The molecule has 25 heavy (non-hydrogen) atoms. The lowest BCUT2D eigenvalue weighted by atomic mass is 10.2. The van der Waals surface area contributed by atoms with E-state index in [0.29, 0.717) is 17.8 Å². The summed E-state index contributed by atoms with van der Waals surface area (Å²) in [5.41, 5.74) is 1.05. The second-order valence-corrected chi connectivity index (χ2v) is 7.43. The molecule has 134 valence electrons. The summed E-state index contributed by atoms with van der Waals surface area (Å²) in [6, 6.07) is 8.83. The summed E-state index contributed by atoms with van der Waals surface area (Å²) in [6.45, 7) is 4.20. The van der Waals surface area contributed by atoms with Gasteiger partial charge >= 0.3 is 0 Å². The van der Waals surface area contributed by atoms with Crippen LogP contribution in [-0.2, 0) is 16.1 Å². The Balaban J connectivity index is 1.61. The first kappa shape index (κ1) is 18.0. The highest BCUT2D eigenvalue weighted by Crippen LogP contribution is 2.18. The van der Waals surface area contributed by atoms with Gasteiger partial charge in [0.25, 0.3) is 0 Å². The van der Waals surface area contributed by atoms with Gasteiger partial charge in [0.1, 0.15) is 5.82 Å². The van der Waals surface area contributed by atoms with Crippen LogP contribution < -0.4 is 5.32 Å². The summed E-state index contributed by atoms with van der Waals surface area (Å²) in [5.74, 6) is -0.453. The first-order chi connectivity index (χ1) is 12.1. The molecule has 0 bridgehead atoms. The Bertz CT molecular complexity index is 699. The molecule has 1 fully saturated rings. The maximum absolute atomic E-state index is 13.6. The lowest BCUT2D eigenvalue weighted by molar-refractivity contribution is -0.117. The van der Waals surface area contributed by atoms with Gasteiger partial charge in [0, 0.05) is 30.3 Å². The number of halogens is 1. The summed E-state index contributed by atoms with van der Waals surface area (Å²) in [6.07, 6.45) is 2.29. The summed E-state index contributed by atoms with van der Waals surface area (Å²) in [7, 11) is 0. The highest BCUT2D eigenvalue weighted by Gasteiger charge is 2.21. The molecule has 1 aliphatic rings. The summed E-state index contributed by atoms with van der Waals surface area (Å²) < 4.78 is 19.3. The van der Waals surface area contributed by atoms with Crippen LogP contribution in [0.25, 0.3) is 0 Å². The SMILES string of the molecule is Cc1ccc(NC(=O)CN(Cc2cccs2)C[C@@H]2CCCO2)cc1F. The highest BCUT2D eigenvalue weighted by molar-refractivity contribution is 7.09. The van der Waals surface area contributed by atoms with E-state index in [1.54, 1.807) is 30.4 Å². The van der Waals surface area contributed by atoms with Crippen molar-refractivity contribution in [2.45, 2.75) is 32.4 Å². The van der Waals surface area contributed by atoms with Crippen LogP contribution in [0.1, 0.15) is 23.3 Å². The van der Waals surface area contributed by atoms with E-state index in [2.05, 4.69) is 16.3 Å². The molecule has 1 aromatic heterocycles. The monoisotopic (exact) mass is 362 g/mol. The average molecular weight is 362 g/mol. The average Bonchev–Trinajstić information content (AvgIpc) is 3.25. The number of nitrogens with zero attached hydrogens (tertiary/aromatic N) is 1. The number of anilines is 1. The number of nitrogens with one attached hydrogen (secondary N) is 1. The minimum atomic E-state index is -0.312. The van der Waals surface area contributed by atoms with Gasteiger partial charge in [-0.2, -0.15) is 0 Å². The van der Waals surface area contributed by atoms with Crippen LogP contribution in [-0.4, -0.2) is 36.6 Å². The molecular weight excluding hydrogens is 339 g/mol. The first-order valence-electron chi connectivity index (χ1n) is 8.52. The van der Waals surface area contributed by atoms with Crippen LogP contribution in [0.5, 0.6) is 0 Å². The number of aryl methyl sites for hydroxylation is 1. The number of rotatable bonds is 7. The fourth-order valence-electron chi connectivity index (χ4n) is 2.96. The van der Waals surface area contributed by atoms with E-state index in [9.17, 15) is 9.18 Å². The number of carbonyl (C=O) groups is 1. The van der Waals surface area contributed by atoms with Crippen LogP contribution in [0.3, 0.4) is 0 Å². The summed E-state index contributed by atoms with van der Waals surface area (Å²) in [5, 5.41) is 4.82. The van der Waals surface area contributed by atoms with E-state index < -0.39 is 0 Å². The van der Waals surface area contributed by atoms with Crippen LogP contribution in [0.2, 0.25) is 0 Å². The fraction of sp³-hybridized carbons (Fsp3) is 0.421. The van der Waals surface area contributed by atoms with Crippen molar-refractivity contribution < 1.29 is 13.9 Å². The Kier molecular flexibility index (Phi) is 6.18. The second-order valence-electron chi connectivity index (χ2n) is 6.40. The molecular formula is C19H23FN2O2S. The molecule has 2 aromatic rings. The zero-order valence-electron chi connectivity index (χ0n) is 14.3. The Labute approximate surface area is 151 Å². The number of hydrogen-bond donors (Lipinski definition) is 1. The largest absolute Gasteiger partial charge is 0.377 e. The summed E-state index contributed by atoms with van der Waals surface area (Å²) >= 11 is 1.68. The van der Waals surface area contributed by atoms with Gasteiger partial charge in [-0.3, -0.25) is 9.69 Å². The van der Waals surface area contributed by atoms with E-state index >= 15 is 0 Å². The molecule has 1 saturated heterocycles.